The fourth-order valence-corrected chi connectivity index (χ4v) is 5.98. The summed E-state index contributed by atoms with van der Waals surface area (Å²) < 4.78 is 0. The van der Waals surface area contributed by atoms with Gasteiger partial charge in [-0.25, -0.2) is 0 Å². The van der Waals surface area contributed by atoms with Gasteiger partial charge in [0.1, 0.15) is 17.1 Å². The van der Waals surface area contributed by atoms with Crippen LogP contribution in [0.4, 0.5) is 5.69 Å². The molecule has 0 spiro atoms. The quantitative estimate of drug-likeness (QED) is 0.108. The number of hydrogen-bond acceptors (Lipinski definition) is 10. The number of allylic oxidation sites excluding steroid dienone is 2. The normalized spacial score (nSPS) is 25.8. The smallest absolute Gasteiger partial charge is 0.255 e. The van der Waals surface area contributed by atoms with Crippen molar-refractivity contribution in [3.05, 3.63) is 57.6 Å². The summed E-state index contributed by atoms with van der Waals surface area (Å²) in [6, 6.07) is 2.01. The lowest BCUT2D eigenvalue weighted by Gasteiger charge is -2.50. The highest BCUT2D eigenvalue weighted by molar-refractivity contribution is 6.25. The molecule has 12 heteroatoms. The monoisotopic (exact) mass is 554 g/mol. The molecule has 4 atom stereocenters. The van der Waals surface area contributed by atoms with E-state index in [1.165, 1.54) is 11.0 Å². The number of nitrogens with one attached hydrogen (secondary N) is 2. The molecule has 3 aliphatic carbocycles. The maximum Gasteiger partial charge on any atom is 0.255 e. The number of Topliss-reactive ketones (excluding diaryl/α,β-unsaturated/α-hetero) is 2. The van der Waals surface area contributed by atoms with E-state index < -0.39 is 69.7 Å². The second-order valence-corrected chi connectivity index (χ2v) is 10.9. The number of phenols is 1. The van der Waals surface area contributed by atoms with Gasteiger partial charge in [-0.1, -0.05) is 17.7 Å². The molecule has 8 N–H and O–H groups in total. The van der Waals surface area contributed by atoms with Crippen LogP contribution in [0, 0.1) is 11.8 Å². The van der Waals surface area contributed by atoms with E-state index in [0.29, 0.717) is 12.1 Å². The Morgan fingerprint density at radius 2 is 1.85 bits per heavy atom. The van der Waals surface area contributed by atoms with E-state index in [1.807, 2.05) is 19.9 Å². The highest BCUT2D eigenvalue weighted by Crippen LogP contribution is 2.52. The second kappa shape index (κ2) is 10.5. The van der Waals surface area contributed by atoms with Crippen molar-refractivity contribution in [1.82, 2.24) is 10.2 Å². The van der Waals surface area contributed by atoms with Crippen molar-refractivity contribution in [2.75, 3.05) is 32.5 Å². The summed E-state index contributed by atoms with van der Waals surface area (Å²) >= 11 is 0. The number of ketones is 2. The highest BCUT2D eigenvalue weighted by atomic mass is 16.3. The molecule has 0 saturated heterocycles. The fourth-order valence-electron chi connectivity index (χ4n) is 5.98. The molecule has 1 aromatic carbocycles. The van der Waals surface area contributed by atoms with E-state index in [2.05, 4.69) is 10.6 Å². The number of rotatable bonds is 7. The van der Waals surface area contributed by atoms with Gasteiger partial charge in [-0.3, -0.25) is 24.1 Å². The molecule has 0 aliphatic heterocycles. The Bertz CT molecular complexity index is 1400. The van der Waals surface area contributed by atoms with Crippen molar-refractivity contribution in [3.63, 3.8) is 0 Å². The number of likely N-dealkylation sites (N-methyl/N-ethyl adjacent to an activating group) is 1. The summed E-state index contributed by atoms with van der Waals surface area (Å²) in [7, 11) is 3.14. The van der Waals surface area contributed by atoms with Gasteiger partial charge in [0, 0.05) is 18.0 Å². The van der Waals surface area contributed by atoms with E-state index in [1.54, 1.807) is 20.2 Å². The van der Waals surface area contributed by atoms with Gasteiger partial charge >= 0.3 is 0 Å². The Morgan fingerprint density at radius 3 is 2.45 bits per heavy atom. The van der Waals surface area contributed by atoms with Crippen molar-refractivity contribution < 1.29 is 39.6 Å². The lowest BCUT2D eigenvalue weighted by Crippen LogP contribution is -2.63. The molecule has 0 radical (unpaired) electrons. The average molecular weight is 555 g/mol. The molecule has 0 fully saturated rings. The molecule has 2 amide bonds. The van der Waals surface area contributed by atoms with E-state index in [4.69, 9.17) is 5.73 Å². The largest absolute Gasteiger partial charge is 0.510 e. The van der Waals surface area contributed by atoms with Crippen LogP contribution in [-0.4, -0.2) is 87.5 Å². The Labute approximate surface area is 230 Å². The standard InChI is InChI=1S/C28H34N4O8/c1-12(2)7-8-30-11-17(33)31-16-6-5-13-9-14-10-15-21(32(3)4)24(36)20(27(29)39)26(38)28(15,40)25(37)19(14)23(35)18(13)22(16)34/h5-7,14-15,21,30,34,36-37,40H,8-11H2,1-4H3,(H2,29,39)(H,31,33)/t14?,15?,21-,28-/m0/s1. The number of aliphatic hydroxyl groups excluding tert-OH is 2. The van der Waals surface area contributed by atoms with Crippen molar-refractivity contribution in [1.29, 1.82) is 0 Å². The van der Waals surface area contributed by atoms with E-state index in [0.717, 1.165) is 5.57 Å². The van der Waals surface area contributed by atoms with E-state index >= 15 is 0 Å². The molecule has 0 aromatic heterocycles. The molecule has 214 valence electrons. The van der Waals surface area contributed by atoms with E-state index in [9.17, 15) is 39.6 Å². The Morgan fingerprint density at radius 1 is 1.18 bits per heavy atom. The van der Waals surface area contributed by atoms with Crippen LogP contribution in [-0.2, 0) is 20.8 Å². The molecule has 0 heterocycles. The second-order valence-electron chi connectivity index (χ2n) is 10.9. The number of amides is 2. The third-order valence-corrected chi connectivity index (χ3v) is 7.81. The van der Waals surface area contributed by atoms with Crippen LogP contribution in [0.2, 0.25) is 0 Å². The lowest BCUT2D eigenvalue weighted by molar-refractivity contribution is -0.148. The molecular weight excluding hydrogens is 520 g/mol. The number of anilines is 1. The van der Waals surface area contributed by atoms with Gasteiger partial charge in [0.2, 0.25) is 11.7 Å². The zero-order valence-electron chi connectivity index (χ0n) is 22.7. The van der Waals surface area contributed by atoms with Gasteiger partial charge in [-0.15, -0.1) is 0 Å². The van der Waals surface area contributed by atoms with Crippen LogP contribution in [0.3, 0.4) is 0 Å². The number of phenolic OH excluding ortho intramolecular Hbond substituents is 1. The molecule has 3 aliphatic rings. The minimum absolute atomic E-state index is 0.00234. The predicted octanol–water partition coefficient (Wildman–Crippen LogP) is 0.615. The van der Waals surface area contributed by atoms with Gasteiger partial charge < -0.3 is 36.8 Å². The number of hydrogen-bond donors (Lipinski definition) is 7. The number of nitrogens with two attached hydrogens (primary N) is 1. The maximum absolute atomic E-state index is 13.7. The summed E-state index contributed by atoms with van der Waals surface area (Å²) in [5.41, 5.74) is 2.86. The van der Waals surface area contributed by atoms with E-state index in [-0.39, 0.29) is 36.2 Å². The van der Waals surface area contributed by atoms with Crippen molar-refractivity contribution in [3.8, 4) is 5.75 Å². The topological polar surface area (TPSA) is 203 Å². The number of aliphatic hydroxyl groups is 3. The number of carbonyl (C=O) groups is 4. The third-order valence-electron chi connectivity index (χ3n) is 7.81. The first kappa shape index (κ1) is 29.0. The lowest BCUT2D eigenvalue weighted by atomic mass is 9.58. The molecule has 2 unspecified atom stereocenters. The van der Waals surface area contributed by atoms with Crippen LogP contribution in [0.15, 0.2) is 46.4 Å². The van der Waals surface area contributed by atoms with Crippen molar-refractivity contribution in [2.24, 2.45) is 17.6 Å². The van der Waals surface area contributed by atoms with Gasteiger partial charge in [-0.2, -0.15) is 0 Å². The number of carbonyl (C=O) groups excluding carboxylic acids is 4. The first-order valence-corrected chi connectivity index (χ1v) is 12.8. The van der Waals surface area contributed by atoms with Gasteiger partial charge in [0.05, 0.1) is 23.8 Å². The first-order valence-electron chi connectivity index (χ1n) is 12.8. The zero-order chi connectivity index (χ0) is 29.7. The fraction of sp³-hybridized carbons (Fsp3) is 0.429. The molecule has 0 saturated carbocycles. The summed E-state index contributed by atoms with van der Waals surface area (Å²) in [4.78, 5) is 53.0. The molecule has 1 aromatic rings. The molecule has 12 nitrogen and oxygen atoms in total. The summed E-state index contributed by atoms with van der Waals surface area (Å²) in [6.45, 7) is 4.28. The van der Waals surface area contributed by atoms with Crippen molar-refractivity contribution in [2.45, 2.75) is 38.3 Å². The Kier molecular flexibility index (Phi) is 7.63. The van der Waals surface area contributed by atoms with Crippen LogP contribution in [0.1, 0.15) is 36.2 Å². The summed E-state index contributed by atoms with van der Waals surface area (Å²) in [5, 5.41) is 50.2. The number of fused-ring (bicyclic) bond motifs is 3. The summed E-state index contributed by atoms with van der Waals surface area (Å²) in [6.07, 6.45) is 2.08. The number of nitrogens with zero attached hydrogens (tertiary/aromatic N) is 1. The number of benzene rings is 1. The predicted molar refractivity (Wildman–Crippen MR) is 145 cm³/mol. The van der Waals surface area contributed by atoms with Gasteiger partial charge in [-0.05, 0) is 58.3 Å². The minimum Gasteiger partial charge on any atom is -0.510 e. The molecular formula is C28H34N4O8. The first-order chi connectivity index (χ1) is 18.7. The SMILES string of the molecule is CC(C)=CCNCC(=O)Nc1ccc2c(c1O)C(=O)C1=C(O)[C@]3(O)C(=O)C(C(N)=O)=C(O)[C@@H](N(C)C)C3CC1C2. The zero-order valence-corrected chi connectivity index (χ0v) is 22.7. The van der Waals surface area contributed by atoms with Gasteiger partial charge in [0.15, 0.2) is 17.1 Å². The van der Waals surface area contributed by atoms with Crippen LogP contribution in [0.5, 0.6) is 5.75 Å². The summed E-state index contributed by atoms with van der Waals surface area (Å²) in [5.74, 6) is -7.68. The van der Waals surface area contributed by atoms with Crippen molar-refractivity contribution >= 4 is 29.1 Å². The number of primary amides is 1. The minimum atomic E-state index is -2.71. The third kappa shape index (κ3) is 4.57. The van der Waals surface area contributed by atoms with Crippen LogP contribution in [0.25, 0.3) is 0 Å². The average Bonchev–Trinajstić information content (AvgIpc) is 2.85. The highest BCUT2D eigenvalue weighted by Gasteiger charge is 2.63. The van der Waals surface area contributed by atoms with Crippen LogP contribution >= 0.6 is 0 Å². The Balaban J connectivity index is 1.73. The number of aromatic hydroxyl groups is 1. The van der Waals surface area contributed by atoms with Crippen LogP contribution < -0.4 is 16.4 Å². The Hall–Kier alpha value is -4.00. The molecule has 4 rings (SSSR count). The molecule has 40 heavy (non-hydrogen) atoms. The maximum atomic E-state index is 13.7. The van der Waals surface area contributed by atoms with Gasteiger partial charge in [0.25, 0.3) is 5.91 Å². The molecule has 0 bridgehead atoms.